The molecule has 0 saturated carbocycles. The predicted octanol–water partition coefficient (Wildman–Crippen LogP) is 2.00. The first kappa shape index (κ1) is 10.3. The van der Waals surface area contributed by atoms with E-state index < -0.39 is 0 Å². The van der Waals surface area contributed by atoms with E-state index in [0.717, 1.165) is 6.07 Å². The third-order valence-corrected chi connectivity index (χ3v) is 1.10. The average Bonchev–Trinajstić information content (AvgIpc) is 2.08. The minimum Gasteiger partial charge on any atom is -0.508 e. The molecule has 64 valence electrons. The molecule has 0 aromatic heterocycles. The van der Waals surface area contributed by atoms with Crippen LogP contribution >= 0.6 is 0 Å². The van der Waals surface area contributed by atoms with E-state index in [4.69, 9.17) is 15.5 Å². The van der Waals surface area contributed by atoms with Gasteiger partial charge in [-0.1, -0.05) is 13.8 Å². The van der Waals surface area contributed by atoms with Gasteiger partial charge in [-0.2, -0.15) is 5.26 Å². The zero-order valence-corrected chi connectivity index (χ0v) is 7.07. The van der Waals surface area contributed by atoms with E-state index in [2.05, 4.69) is 0 Å². The maximum absolute atomic E-state index is 8.91. The van der Waals surface area contributed by atoms with Crippen molar-refractivity contribution in [3.05, 3.63) is 23.8 Å². The number of phenols is 2. The molecular weight excluding hydrogens is 154 g/mol. The molecule has 0 spiro atoms. The largest absolute Gasteiger partial charge is 0.508 e. The molecule has 0 saturated heterocycles. The summed E-state index contributed by atoms with van der Waals surface area (Å²) in [7, 11) is 0. The lowest BCUT2D eigenvalue weighted by atomic mass is 10.2. The Morgan fingerprint density at radius 1 is 1.25 bits per heavy atom. The van der Waals surface area contributed by atoms with Gasteiger partial charge in [0.1, 0.15) is 17.6 Å². The van der Waals surface area contributed by atoms with E-state index >= 15 is 0 Å². The topological polar surface area (TPSA) is 64.2 Å². The van der Waals surface area contributed by atoms with Crippen LogP contribution < -0.4 is 0 Å². The average molecular weight is 165 g/mol. The normalized spacial score (nSPS) is 7.75. The first-order valence-electron chi connectivity index (χ1n) is 3.66. The van der Waals surface area contributed by atoms with E-state index in [1.165, 1.54) is 12.1 Å². The molecule has 0 radical (unpaired) electrons. The predicted molar refractivity (Wildman–Crippen MR) is 45.8 cm³/mol. The van der Waals surface area contributed by atoms with Crippen LogP contribution in [0.15, 0.2) is 18.2 Å². The Bertz CT molecular complexity index is 289. The lowest BCUT2D eigenvalue weighted by Crippen LogP contribution is -1.73. The Balaban J connectivity index is 0.000000561. The van der Waals surface area contributed by atoms with Crippen LogP contribution in [0.4, 0.5) is 0 Å². The van der Waals surface area contributed by atoms with Gasteiger partial charge in [-0.25, -0.2) is 0 Å². The zero-order chi connectivity index (χ0) is 9.56. The van der Waals surface area contributed by atoms with Gasteiger partial charge in [0.05, 0.1) is 5.56 Å². The molecule has 0 heterocycles. The number of phenolic OH excluding ortho intramolecular Hbond substituents is 2. The summed E-state index contributed by atoms with van der Waals surface area (Å²) in [5, 5.41) is 26.0. The van der Waals surface area contributed by atoms with E-state index in [0.29, 0.717) is 0 Å². The van der Waals surface area contributed by atoms with Crippen LogP contribution in [0.5, 0.6) is 11.5 Å². The minimum atomic E-state index is -0.192. The van der Waals surface area contributed by atoms with E-state index in [-0.39, 0.29) is 17.1 Å². The Hall–Kier alpha value is -1.69. The van der Waals surface area contributed by atoms with E-state index in [9.17, 15) is 0 Å². The summed E-state index contributed by atoms with van der Waals surface area (Å²) in [5.74, 6) is -0.237. The highest BCUT2D eigenvalue weighted by atomic mass is 16.3. The van der Waals surface area contributed by atoms with Gasteiger partial charge >= 0.3 is 0 Å². The number of hydrogen-bond acceptors (Lipinski definition) is 3. The van der Waals surface area contributed by atoms with Gasteiger partial charge in [0, 0.05) is 6.07 Å². The van der Waals surface area contributed by atoms with Crippen molar-refractivity contribution in [2.45, 2.75) is 13.8 Å². The maximum Gasteiger partial charge on any atom is 0.137 e. The Kier molecular flexibility index (Phi) is 4.32. The van der Waals surface area contributed by atoms with Gasteiger partial charge in [-0.3, -0.25) is 0 Å². The van der Waals surface area contributed by atoms with Gasteiger partial charge in [0.25, 0.3) is 0 Å². The van der Waals surface area contributed by atoms with Crippen molar-refractivity contribution in [3.8, 4) is 17.6 Å². The minimum absolute atomic E-state index is 0.0449. The van der Waals surface area contributed by atoms with Crippen molar-refractivity contribution in [1.29, 1.82) is 5.26 Å². The molecule has 0 fully saturated rings. The fourth-order valence-corrected chi connectivity index (χ4v) is 0.615. The van der Waals surface area contributed by atoms with Crippen molar-refractivity contribution in [2.75, 3.05) is 0 Å². The summed E-state index contributed by atoms with van der Waals surface area (Å²) in [6, 6.07) is 5.58. The molecule has 2 N–H and O–H groups in total. The second-order valence-corrected chi connectivity index (χ2v) is 1.81. The molecule has 1 aromatic carbocycles. The molecule has 12 heavy (non-hydrogen) atoms. The van der Waals surface area contributed by atoms with E-state index in [1.54, 1.807) is 6.07 Å². The Labute approximate surface area is 71.5 Å². The van der Waals surface area contributed by atoms with Gasteiger partial charge in [-0.15, -0.1) is 0 Å². The van der Waals surface area contributed by atoms with Gasteiger partial charge in [0.2, 0.25) is 0 Å². The zero-order valence-electron chi connectivity index (χ0n) is 7.07. The summed E-state index contributed by atoms with van der Waals surface area (Å²) in [5.41, 5.74) is 0.165. The molecule has 0 aliphatic heterocycles. The molecule has 3 nitrogen and oxygen atoms in total. The molecule has 3 heteroatoms. The fraction of sp³-hybridized carbons (Fsp3) is 0.222. The highest BCUT2D eigenvalue weighted by Crippen LogP contribution is 2.20. The summed E-state index contributed by atoms with van der Waals surface area (Å²) >= 11 is 0. The summed E-state index contributed by atoms with van der Waals surface area (Å²) in [6.45, 7) is 4.00. The highest BCUT2D eigenvalue weighted by Gasteiger charge is 1.98. The standard InChI is InChI=1S/C7H5NO2.C2H6/c8-4-5-1-2-6(9)3-7(5)10;1-2/h1-3,9-10H;1-2H3. The van der Waals surface area contributed by atoms with Crippen molar-refractivity contribution in [3.63, 3.8) is 0 Å². The van der Waals surface area contributed by atoms with Crippen LogP contribution in [0, 0.1) is 11.3 Å². The van der Waals surface area contributed by atoms with Crippen molar-refractivity contribution in [2.24, 2.45) is 0 Å². The molecule has 0 aliphatic rings. The van der Waals surface area contributed by atoms with Gasteiger partial charge < -0.3 is 10.2 Å². The number of rotatable bonds is 0. The second kappa shape index (κ2) is 5.03. The maximum atomic E-state index is 8.91. The number of hydrogen-bond donors (Lipinski definition) is 2. The van der Waals surface area contributed by atoms with Crippen molar-refractivity contribution in [1.82, 2.24) is 0 Å². The van der Waals surface area contributed by atoms with Gasteiger partial charge in [0.15, 0.2) is 0 Å². The monoisotopic (exact) mass is 165 g/mol. The first-order valence-corrected chi connectivity index (χ1v) is 3.66. The number of nitrogens with zero attached hydrogens (tertiary/aromatic N) is 1. The molecular formula is C9H11NO2. The molecule has 0 atom stereocenters. The third-order valence-electron chi connectivity index (χ3n) is 1.10. The summed E-state index contributed by atoms with van der Waals surface area (Å²) < 4.78 is 0. The first-order chi connectivity index (χ1) is 5.74. The van der Waals surface area contributed by atoms with Crippen LogP contribution in [-0.4, -0.2) is 10.2 Å². The number of aromatic hydroxyl groups is 2. The molecule has 1 aromatic rings. The molecule has 1 rings (SSSR count). The second-order valence-electron chi connectivity index (χ2n) is 1.81. The molecule has 0 bridgehead atoms. The Morgan fingerprint density at radius 2 is 1.83 bits per heavy atom. The lowest BCUT2D eigenvalue weighted by Gasteiger charge is -1.94. The fourth-order valence-electron chi connectivity index (χ4n) is 0.615. The molecule has 0 unspecified atom stereocenters. The van der Waals surface area contributed by atoms with Crippen LogP contribution in [0.2, 0.25) is 0 Å². The number of benzene rings is 1. The quantitative estimate of drug-likeness (QED) is 0.617. The number of nitriles is 1. The third kappa shape index (κ3) is 2.51. The SMILES string of the molecule is CC.N#Cc1ccc(O)cc1O. The van der Waals surface area contributed by atoms with Crippen LogP contribution in [-0.2, 0) is 0 Å². The lowest BCUT2D eigenvalue weighted by molar-refractivity contribution is 0.449. The molecule has 0 amide bonds. The highest BCUT2D eigenvalue weighted by molar-refractivity contribution is 5.45. The van der Waals surface area contributed by atoms with E-state index in [1.807, 2.05) is 13.8 Å². The molecule has 0 aliphatic carbocycles. The van der Waals surface area contributed by atoms with Crippen molar-refractivity contribution >= 4 is 0 Å². The summed E-state index contributed by atoms with van der Waals surface area (Å²) in [6.07, 6.45) is 0. The van der Waals surface area contributed by atoms with Crippen molar-refractivity contribution < 1.29 is 10.2 Å². The van der Waals surface area contributed by atoms with Gasteiger partial charge in [-0.05, 0) is 12.1 Å². The van der Waals surface area contributed by atoms with Crippen LogP contribution in [0.3, 0.4) is 0 Å². The van der Waals surface area contributed by atoms with Crippen LogP contribution in [0.1, 0.15) is 19.4 Å². The smallest absolute Gasteiger partial charge is 0.137 e. The Morgan fingerprint density at radius 3 is 2.25 bits per heavy atom. The summed E-state index contributed by atoms with van der Waals surface area (Å²) in [4.78, 5) is 0. The van der Waals surface area contributed by atoms with Crippen LogP contribution in [0.25, 0.3) is 0 Å².